The molecule has 0 saturated carbocycles. The zero-order chi connectivity index (χ0) is 18.4. The summed E-state index contributed by atoms with van der Waals surface area (Å²) in [7, 11) is -3.35. The molecular weight excluding hydrogens is 382 g/mol. The van der Waals surface area contributed by atoms with Gasteiger partial charge in [-0.25, -0.2) is 8.42 Å². The van der Waals surface area contributed by atoms with Gasteiger partial charge in [0.2, 0.25) is 15.9 Å². The van der Waals surface area contributed by atoms with Crippen LogP contribution in [0.5, 0.6) is 0 Å². The van der Waals surface area contributed by atoms with Crippen molar-refractivity contribution >= 4 is 28.3 Å². The smallest absolute Gasteiger partial charge is 0.239 e. The number of rotatable bonds is 7. The Labute approximate surface area is 162 Å². The Morgan fingerprint density at radius 1 is 1.19 bits per heavy atom. The van der Waals surface area contributed by atoms with Crippen molar-refractivity contribution in [2.24, 2.45) is 11.7 Å². The van der Waals surface area contributed by atoms with Gasteiger partial charge in [-0.3, -0.25) is 4.79 Å². The molecule has 26 heavy (non-hydrogen) atoms. The fourth-order valence-corrected chi connectivity index (χ4v) is 4.48. The van der Waals surface area contributed by atoms with Crippen LogP contribution in [0, 0.1) is 5.92 Å². The van der Waals surface area contributed by atoms with Gasteiger partial charge < -0.3 is 20.1 Å². The lowest BCUT2D eigenvalue weighted by molar-refractivity contribution is -0.135. The third-order valence-electron chi connectivity index (χ3n) is 4.80. The molecule has 2 N–H and O–H groups in total. The van der Waals surface area contributed by atoms with Crippen molar-refractivity contribution in [3.63, 3.8) is 0 Å². The number of hydrogen-bond donors (Lipinski definition) is 1. The van der Waals surface area contributed by atoms with E-state index in [1.807, 2.05) is 13.8 Å². The van der Waals surface area contributed by atoms with Crippen molar-refractivity contribution < 1.29 is 22.7 Å². The van der Waals surface area contributed by atoms with Crippen LogP contribution < -0.4 is 5.73 Å². The highest BCUT2D eigenvalue weighted by atomic mass is 35.5. The predicted molar refractivity (Wildman–Crippen MR) is 102 cm³/mol. The first-order chi connectivity index (χ1) is 11.8. The minimum atomic E-state index is -3.35. The van der Waals surface area contributed by atoms with E-state index >= 15 is 0 Å². The molecule has 10 heteroatoms. The van der Waals surface area contributed by atoms with Gasteiger partial charge >= 0.3 is 0 Å². The number of hydrogen-bond acceptors (Lipinski definition) is 6. The van der Waals surface area contributed by atoms with Crippen molar-refractivity contribution in [2.75, 3.05) is 51.8 Å². The van der Waals surface area contributed by atoms with E-state index in [0.29, 0.717) is 39.4 Å². The van der Waals surface area contributed by atoms with Gasteiger partial charge in [-0.2, -0.15) is 4.31 Å². The Bertz CT molecular complexity index is 532. The van der Waals surface area contributed by atoms with Crippen LogP contribution in [-0.4, -0.2) is 87.4 Å². The summed E-state index contributed by atoms with van der Waals surface area (Å²) in [6.07, 6.45) is 1.62. The van der Waals surface area contributed by atoms with Gasteiger partial charge in [-0.1, -0.05) is 0 Å². The third kappa shape index (κ3) is 6.61. The maximum absolute atomic E-state index is 12.6. The molecule has 0 aromatic heterocycles. The van der Waals surface area contributed by atoms with E-state index in [0.717, 1.165) is 12.8 Å². The summed E-state index contributed by atoms with van der Waals surface area (Å²) in [5.74, 6) is 0.0454. The zero-order valence-corrected chi connectivity index (χ0v) is 17.3. The molecule has 154 valence electrons. The normalized spacial score (nSPS) is 21.5. The van der Waals surface area contributed by atoms with E-state index in [9.17, 15) is 13.2 Å². The van der Waals surface area contributed by atoms with Crippen molar-refractivity contribution in [1.82, 2.24) is 9.21 Å². The summed E-state index contributed by atoms with van der Waals surface area (Å²) >= 11 is 0. The molecule has 0 radical (unpaired) electrons. The molecule has 1 amide bonds. The third-order valence-corrected chi connectivity index (χ3v) is 6.63. The molecule has 0 aromatic rings. The van der Waals surface area contributed by atoms with E-state index in [2.05, 4.69) is 0 Å². The second-order valence-corrected chi connectivity index (χ2v) is 9.02. The van der Waals surface area contributed by atoms with Crippen molar-refractivity contribution in [3.8, 4) is 0 Å². The first kappa shape index (κ1) is 23.6. The first-order valence-corrected chi connectivity index (χ1v) is 10.6. The highest BCUT2D eigenvalue weighted by Crippen LogP contribution is 2.20. The summed E-state index contributed by atoms with van der Waals surface area (Å²) in [4.78, 5) is 14.3. The van der Waals surface area contributed by atoms with Gasteiger partial charge in [-0.15, -0.1) is 12.4 Å². The number of ether oxygens (including phenoxy) is 2. The lowest BCUT2D eigenvalue weighted by Crippen LogP contribution is -2.56. The molecule has 2 saturated heterocycles. The van der Waals surface area contributed by atoms with Crippen LogP contribution >= 0.6 is 12.4 Å². The van der Waals surface area contributed by atoms with Crippen molar-refractivity contribution in [2.45, 2.75) is 38.8 Å². The Morgan fingerprint density at radius 3 is 2.31 bits per heavy atom. The van der Waals surface area contributed by atoms with Crippen LogP contribution in [0.1, 0.15) is 26.7 Å². The van der Waals surface area contributed by atoms with Crippen LogP contribution in [0.3, 0.4) is 0 Å². The Kier molecular flexibility index (Phi) is 9.77. The van der Waals surface area contributed by atoms with Crippen molar-refractivity contribution in [3.05, 3.63) is 0 Å². The van der Waals surface area contributed by atoms with Crippen molar-refractivity contribution in [1.29, 1.82) is 0 Å². The van der Waals surface area contributed by atoms with Crippen LogP contribution in [-0.2, 0) is 24.3 Å². The summed E-state index contributed by atoms with van der Waals surface area (Å²) in [5, 5.41) is 0. The minimum absolute atomic E-state index is 0. The number of sulfonamides is 1. The van der Waals surface area contributed by atoms with E-state index in [-0.39, 0.29) is 42.7 Å². The molecule has 0 spiro atoms. The maximum Gasteiger partial charge on any atom is 0.239 e. The van der Waals surface area contributed by atoms with Crippen LogP contribution in [0.4, 0.5) is 0 Å². The molecule has 2 aliphatic heterocycles. The number of amides is 1. The fraction of sp³-hybridized carbons (Fsp3) is 0.938. The lowest BCUT2D eigenvalue weighted by atomic mass is 9.91. The molecule has 0 aromatic carbocycles. The quantitative estimate of drug-likeness (QED) is 0.633. The van der Waals surface area contributed by atoms with E-state index in [1.54, 1.807) is 4.90 Å². The van der Waals surface area contributed by atoms with Gasteiger partial charge in [0.25, 0.3) is 0 Å². The fourth-order valence-electron chi connectivity index (χ4n) is 3.19. The van der Waals surface area contributed by atoms with Gasteiger partial charge in [0.1, 0.15) is 0 Å². The second-order valence-electron chi connectivity index (χ2n) is 6.94. The average molecular weight is 414 g/mol. The molecule has 1 unspecified atom stereocenters. The standard InChI is InChI=1S/C16H31N3O5S.ClH/c1-13(2)24-11-12-25(21,22)19-7-5-18(6-8-19)16(20)15(17)14-3-9-23-10-4-14;/h13-15H,3-12,17H2,1-2H3;1H. The van der Waals surface area contributed by atoms with Gasteiger partial charge in [0.05, 0.1) is 24.5 Å². The Hall–Kier alpha value is -0.450. The predicted octanol–water partition coefficient (Wildman–Crippen LogP) is 0.0611. The van der Waals surface area contributed by atoms with Crippen LogP contribution in [0.25, 0.3) is 0 Å². The van der Waals surface area contributed by atoms with Gasteiger partial charge in [0.15, 0.2) is 0 Å². The Morgan fingerprint density at radius 2 is 1.77 bits per heavy atom. The lowest BCUT2D eigenvalue weighted by Gasteiger charge is -2.37. The molecular formula is C16H32ClN3O5S. The van der Waals surface area contributed by atoms with E-state index in [4.69, 9.17) is 15.2 Å². The first-order valence-electron chi connectivity index (χ1n) is 9.03. The maximum atomic E-state index is 12.6. The summed E-state index contributed by atoms with van der Waals surface area (Å²) in [6.45, 7) is 6.64. The highest BCUT2D eigenvalue weighted by molar-refractivity contribution is 7.89. The molecule has 0 bridgehead atoms. The minimum Gasteiger partial charge on any atom is -0.381 e. The summed E-state index contributed by atoms with van der Waals surface area (Å²) in [5.41, 5.74) is 6.14. The molecule has 1 atom stereocenters. The number of carbonyl (C=O) groups is 1. The van der Waals surface area contributed by atoms with E-state index < -0.39 is 16.1 Å². The largest absolute Gasteiger partial charge is 0.381 e. The van der Waals surface area contributed by atoms with E-state index in [1.165, 1.54) is 4.31 Å². The number of nitrogens with zero attached hydrogens (tertiary/aromatic N) is 2. The summed E-state index contributed by atoms with van der Waals surface area (Å²) < 4.78 is 36.7. The highest BCUT2D eigenvalue weighted by Gasteiger charge is 2.33. The molecule has 0 aliphatic carbocycles. The number of carbonyl (C=O) groups excluding carboxylic acids is 1. The summed E-state index contributed by atoms with van der Waals surface area (Å²) in [6, 6.07) is -0.522. The topological polar surface area (TPSA) is 102 Å². The average Bonchev–Trinajstić information content (AvgIpc) is 2.61. The van der Waals surface area contributed by atoms with Gasteiger partial charge in [0, 0.05) is 39.4 Å². The number of piperazine rings is 1. The molecule has 8 nitrogen and oxygen atoms in total. The molecule has 2 rings (SSSR count). The molecule has 2 heterocycles. The van der Waals surface area contributed by atoms with Gasteiger partial charge in [-0.05, 0) is 32.6 Å². The SMILES string of the molecule is CC(C)OCCS(=O)(=O)N1CCN(C(=O)C(N)C2CCOCC2)CC1.Cl. The van der Waals surface area contributed by atoms with Crippen LogP contribution in [0.2, 0.25) is 0 Å². The monoisotopic (exact) mass is 413 g/mol. The second kappa shape index (κ2) is 10.8. The molecule has 2 aliphatic rings. The number of halogens is 1. The number of nitrogens with two attached hydrogens (primary N) is 1. The molecule has 2 fully saturated rings. The van der Waals surface area contributed by atoms with Crippen LogP contribution in [0.15, 0.2) is 0 Å². The zero-order valence-electron chi connectivity index (χ0n) is 15.6. The Balaban J connectivity index is 0.00000338.